The highest BCUT2D eigenvalue weighted by Gasteiger charge is 2.48. The summed E-state index contributed by atoms with van der Waals surface area (Å²) in [7, 11) is 2.80. The van der Waals surface area contributed by atoms with Crippen LogP contribution in [0.4, 0.5) is 5.13 Å². The Labute approximate surface area is 224 Å². The lowest BCUT2D eigenvalue weighted by Crippen LogP contribution is -2.29. The lowest BCUT2D eigenvalue weighted by molar-refractivity contribution is -0.132. The highest BCUT2D eigenvalue weighted by atomic mass is 35.5. The van der Waals surface area contributed by atoms with Crippen LogP contribution in [0.1, 0.15) is 27.5 Å². The number of ether oxygens (including phenoxy) is 2. The summed E-state index contributed by atoms with van der Waals surface area (Å²) in [5.41, 5.74) is 0.818. The number of hydrogen-bond acceptors (Lipinski definition) is 9. The SMILES string of the molecule is COc1cc(OC)c(/C(O)=C2\C(=O)C(=O)N(c3nc4ccc(C(=O)O)cc4s3)C2c2cccnc2)cc1Cl. The zero-order valence-corrected chi connectivity index (χ0v) is 21.4. The molecule has 5 rings (SSSR count). The molecule has 0 spiro atoms. The lowest BCUT2D eigenvalue weighted by Gasteiger charge is -2.22. The second-order valence-electron chi connectivity index (χ2n) is 8.13. The number of Topliss-reactive ketones (excluding diaryl/α,β-unsaturated/α-hetero) is 1. The van der Waals surface area contributed by atoms with Crippen molar-refractivity contribution in [3.63, 3.8) is 0 Å². The van der Waals surface area contributed by atoms with Gasteiger partial charge < -0.3 is 19.7 Å². The van der Waals surface area contributed by atoms with Crippen molar-refractivity contribution in [1.82, 2.24) is 9.97 Å². The van der Waals surface area contributed by atoms with Gasteiger partial charge in [0.1, 0.15) is 17.3 Å². The van der Waals surface area contributed by atoms with Crippen LogP contribution in [0.5, 0.6) is 11.5 Å². The molecule has 1 atom stereocenters. The Bertz CT molecular complexity index is 1650. The molecule has 10 nitrogen and oxygen atoms in total. The van der Waals surface area contributed by atoms with E-state index in [-0.39, 0.29) is 32.6 Å². The first-order valence-corrected chi connectivity index (χ1v) is 12.2. The number of ketones is 1. The number of carboxylic acid groups (broad SMARTS) is 1. The number of aliphatic hydroxyl groups excluding tert-OH is 1. The van der Waals surface area contributed by atoms with Gasteiger partial charge in [-0.3, -0.25) is 19.5 Å². The topological polar surface area (TPSA) is 139 Å². The summed E-state index contributed by atoms with van der Waals surface area (Å²) >= 11 is 7.34. The molecule has 2 aromatic carbocycles. The summed E-state index contributed by atoms with van der Waals surface area (Å²) in [6, 6.07) is 9.43. The number of fused-ring (bicyclic) bond motifs is 1. The number of aliphatic hydroxyl groups is 1. The van der Waals surface area contributed by atoms with E-state index in [0.29, 0.717) is 21.5 Å². The second kappa shape index (κ2) is 9.77. The van der Waals surface area contributed by atoms with Gasteiger partial charge in [0, 0.05) is 18.5 Å². The third-order valence-electron chi connectivity index (χ3n) is 6.00. The summed E-state index contributed by atoms with van der Waals surface area (Å²) in [5.74, 6) is -3.02. The number of carbonyl (C=O) groups excluding carboxylic acids is 2. The summed E-state index contributed by atoms with van der Waals surface area (Å²) in [4.78, 5) is 48.0. The normalized spacial score (nSPS) is 16.7. The molecule has 2 aromatic heterocycles. The van der Waals surface area contributed by atoms with E-state index in [1.807, 2.05) is 0 Å². The molecule has 0 bridgehead atoms. The number of halogens is 1. The number of methoxy groups -OCH3 is 2. The van der Waals surface area contributed by atoms with Crippen LogP contribution in [0, 0.1) is 0 Å². The molecule has 1 fully saturated rings. The monoisotopic (exact) mass is 551 g/mol. The second-order valence-corrected chi connectivity index (χ2v) is 9.54. The highest BCUT2D eigenvalue weighted by Crippen LogP contribution is 2.46. The van der Waals surface area contributed by atoms with Gasteiger partial charge in [-0.25, -0.2) is 9.78 Å². The summed E-state index contributed by atoms with van der Waals surface area (Å²) in [6.45, 7) is 0. The molecule has 4 aromatic rings. The van der Waals surface area contributed by atoms with E-state index in [9.17, 15) is 24.6 Å². The van der Waals surface area contributed by atoms with Gasteiger partial charge in [0.25, 0.3) is 5.78 Å². The number of benzene rings is 2. The Hall–Kier alpha value is -4.48. The molecule has 0 saturated carbocycles. The molecule has 38 heavy (non-hydrogen) atoms. The van der Waals surface area contributed by atoms with Gasteiger partial charge in [-0.2, -0.15) is 0 Å². The Morgan fingerprint density at radius 2 is 1.84 bits per heavy atom. The maximum Gasteiger partial charge on any atom is 0.335 e. The van der Waals surface area contributed by atoms with E-state index in [2.05, 4.69) is 9.97 Å². The predicted octanol–water partition coefficient (Wildman–Crippen LogP) is 4.69. The minimum atomic E-state index is -1.11. The maximum absolute atomic E-state index is 13.4. The van der Waals surface area contributed by atoms with E-state index in [0.717, 1.165) is 11.3 Å². The van der Waals surface area contributed by atoms with Gasteiger partial charge >= 0.3 is 11.9 Å². The van der Waals surface area contributed by atoms with Gasteiger partial charge in [0.15, 0.2) is 5.13 Å². The fourth-order valence-electron chi connectivity index (χ4n) is 4.22. The molecule has 1 unspecified atom stereocenters. The maximum atomic E-state index is 13.4. The minimum absolute atomic E-state index is 0.0574. The molecule has 12 heteroatoms. The van der Waals surface area contributed by atoms with Gasteiger partial charge in [-0.1, -0.05) is 29.0 Å². The van der Waals surface area contributed by atoms with Crippen LogP contribution in [0.2, 0.25) is 5.02 Å². The molecular weight excluding hydrogens is 534 g/mol. The first kappa shape index (κ1) is 25.2. The number of aromatic nitrogens is 2. The fraction of sp³-hybridized carbons (Fsp3) is 0.115. The average molecular weight is 552 g/mol. The molecule has 192 valence electrons. The highest BCUT2D eigenvalue weighted by molar-refractivity contribution is 7.22. The molecule has 1 aliphatic heterocycles. The van der Waals surface area contributed by atoms with Crippen molar-refractivity contribution in [3.05, 3.63) is 82.1 Å². The van der Waals surface area contributed by atoms with E-state index in [1.165, 1.54) is 61.8 Å². The number of carboxylic acids is 1. The number of hydrogen-bond donors (Lipinski definition) is 2. The summed E-state index contributed by atoms with van der Waals surface area (Å²) < 4.78 is 11.1. The van der Waals surface area contributed by atoms with Gasteiger partial charge in [-0.15, -0.1) is 0 Å². The smallest absolute Gasteiger partial charge is 0.335 e. The molecule has 3 heterocycles. The van der Waals surface area contributed by atoms with Crippen molar-refractivity contribution in [3.8, 4) is 11.5 Å². The largest absolute Gasteiger partial charge is 0.507 e. The van der Waals surface area contributed by atoms with Crippen LogP contribution in [-0.2, 0) is 9.59 Å². The van der Waals surface area contributed by atoms with Gasteiger partial charge in [0.2, 0.25) is 0 Å². The van der Waals surface area contributed by atoms with E-state index in [1.54, 1.807) is 12.1 Å². The first-order valence-electron chi connectivity index (χ1n) is 11.0. The standard InChI is InChI=1S/C26H18ClN3O7S/c1-36-17-10-18(37-2)15(27)9-14(17)22(31)20-21(13-4-3-7-28-11-13)30(24(33)23(20)32)26-29-16-6-5-12(25(34)35)8-19(16)38-26/h3-11,21,31H,1-2H3,(H,34,35)/b22-20+. The van der Waals surface area contributed by atoms with E-state index >= 15 is 0 Å². The first-order chi connectivity index (χ1) is 18.2. The zero-order valence-electron chi connectivity index (χ0n) is 19.8. The Balaban J connectivity index is 1.73. The third-order valence-corrected chi connectivity index (χ3v) is 7.32. The molecule has 0 aliphatic carbocycles. The Morgan fingerprint density at radius 1 is 1.08 bits per heavy atom. The number of amides is 1. The molecule has 1 saturated heterocycles. The predicted molar refractivity (Wildman–Crippen MR) is 140 cm³/mol. The zero-order chi connectivity index (χ0) is 27.1. The number of pyridine rings is 1. The molecule has 2 N–H and O–H groups in total. The van der Waals surface area contributed by atoms with Crippen molar-refractivity contribution >= 4 is 61.7 Å². The van der Waals surface area contributed by atoms with Crippen LogP contribution in [-0.4, -0.2) is 52.1 Å². The average Bonchev–Trinajstić information content (AvgIpc) is 3.46. The van der Waals surface area contributed by atoms with Crippen LogP contribution < -0.4 is 14.4 Å². The number of carbonyl (C=O) groups is 3. The molecular formula is C26H18ClN3O7S. The van der Waals surface area contributed by atoms with Crippen LogP contribution in [0.3, 0.4) is 0 Å². The van der Waals surface area contributed by atoms with E-state index in [4.69, 9.17) is 21.1 Å². The van der Waals surface area contributed by atoms with Crippen molar-refractivity contribution in [2.75, 3.05) is 19.1 Å². The van der Waals surface area contributed by atoms with Crippen molar-refractivity contribution in [2.24, 2.45) is 0 Å². The molecule has 0 radical (unpaired) electrons. The number of rotatable bonds is 6. The number of anilines is 1. The summed E-state index contributed by atoms with van der Waals surface area (Å²) in [6.07, 6.45) is 3.01. The van der Waals surface area contributed by atoms with Crippen LogP contribution >= 0.6 is 22.9 Å². The van der Waals surface area contributed by atoms with Gasteiger partial charge in [0.05, 0.1) is 52.2 Å². The number of thiazole rings is 1. The Kier molecular flexibility index (Phi) is 6.47. The van der Waals surface area contributed by atoms with Crippen LogP contribution in [0.15, 0.2) is 60.4 Å². The fourth-order valence-corrected chi connectivity index (χ4v) is 5.49. The van der Waals surface area contributed by atoms with Crippen molar-refractivity contribution < 1.29 is 34.1 Å². The molecule has 1 amide bonds. The number of nitrogens with zero attached hydrogens (tertiary/aromatic N) is 3. The van der Waals surface area contributed by atoms with Gasteiger partial charge in [-0.05, 0) is 35.9 Å². The Morgan fingerprint density at radius 3 is 2.50 bits per heavy atom. The minimum Gasteiger partial charge on any atom is -0.507 e. The number of aromatic carboxylic acids is 1. The lowest BCUT2D eigenvalue weighted by atomic mass is 9.96. The van der Waals surface area contributed by atoms with E-state index < -0.39 is 29.5 Å². The van der Waals surface area contributed by atoms with Crippen molar-refractivity contribution in [2.45, 2.75) is 6.04 Å². The molecule has 1 aliphatic rings. The van der Waals surface area contributed by atoms with Crippen molar-refractivity contribution in [1.29, 1.82) is 0 Å². The summed E-state index contributed by atoms with van der Waals surface area (Å²) in [5, 5.41) is 21.1. The van der Waals surface area contributed by atoms with Crippen LogP contribution in [0.25, 0.3) is 16.0 Å². The quantitative estimate of drug-likeness (QED) is 0.198. The third kappa shape index (κ3) is 4.11.